The number of ketones is 1. The molecule has 1 amide bonds. The number of aliphatic hydroxyl groups is 1. The highest BCUT2D eigenvalue weighted by atomic mass is 16.5. The van der Waals surface area contributed by atoms with Crippen LogP contribution in [0.5, 0.6) is 11.5 Å². The number of aliphatic hydroxyl groups excluding tert-OH is 1. The normalized spacial score (nSPS) is 16.6. The molecule has 0 aliphatic carbocycles. The Morgan fingerprint density at radius 2 is 1.60 bits per heavy atom. The van der Waals surface area contributed by atoms with Crippen LogP contribution in [0.15, 0.2) is 72.3 Å². The van der Waals surface area contributed by atoms with E-state index >= 15 is 0 Å². The zero-order valence-corrected chi connectivity index (χ0v) is 24.3. The van der Waals surface area contributed by atoms with Crippen LogP contribution >= 0.6 is 0 Å². The summed E-state index contributed by atoms with van der Waals surface area (Å²) >= 11 is 0. The van der Waals surface area contributed by atoms with Gasteiger partial charge in [0.1, 0.15) is 17.3 Å². The molecule has 210 valence electrons. The molecule has 1 atom stereocenters. The van der Waals surface area contributed by atoms with Crippen LogP contribution in [0.2, 0.25) is 0 Å². The number of rotatable bonds is 9. The van der Waals surface area contributed by atoms with Crippen LogP contribution in [0.3, 0.4) is 0 Å². The third kappa shape index (κ3) is 5.69. The first kappa shape index (κ1) is 28.7. The lowest BCUT2D eigenvalue weighted by atomic mass is 9.93. The second kappa shape index (κ2) is 11.9. The maximum absolute atomic E-state index is 13.6. The third-order valence-corrected chi connectivity index (χ3v) is 6.86. The molecule has 7 nitrogen and oxygen atoms in total. The van der Waals surface area contributed by atoms with Crippen molar-refractivity contribution in [3.63, 3.8) is 0 Å². The predicted molar refractivity (Wildman–Crippen MR) is 159 cm³/mol. The monoisotopic (exact) mass is 542 g/mol. The predicted octanol–water partition coefficient (Wildman–Crippen LogP) is 6.69. The molecule has 1 fully saturated rings. The van der Waals surface area contributed by atoms with E-state index in [1.807, 2.05) is 108 Å². The summed E-state index contributed by atoms with van der Waals surface area (Å²) in [4.78, 5) is 30.6. The van der Waals surface area contributed by atoms with Gasteiger partial charge in [-0.15, -0.1) is 0 Å². The second-order valence-electron chi connectivity index (χ2n) is 10.7. The van der Waals surface area contributed by atoms with Crippen molar-refractivity contribution in [2.75, 3.05) is 30.5 Å². The van der Waals surface area contributed by atoms with E-state index in [1.165, 1.54) is 4.90 Å². The minimum atomic E-state index is -0.827. The fourth-order valence-corrected chi connectivity index (χ4v) is 4.92. The van der Waals surface area contributed by atoms with E-state index in [1.54, 1.807) is 12.1 Å². The maximum atomic E-state index is 13.6. The van der Waals surface area contributed by atoms with E-state index in [9.17, 15) is 14.7 Å². The van der Waals surface area contributed by atoms with Crippen molar-refractivity contribution in [3.8, 4) is 11.5 Å². The standard InChI is InChI=1S/C33H38N2O5/c1-8-39-28-18-11-23(19-27(28)20(2)3)31(36)29-30(22-9-16-26(17-10-22)40-21(4)5)35(33(38)32(29)37)25-14-12-24(13-15-25)34(6)7/h9-21,30,36H,8H2,1-7H3/b31-29-. The Hall–Kier alpha value is -4.26. The molecule has 1 aliphatic heterocycles. The van der Waals surface area contributed by atoms with Crippen molar-refractivity contribution in [2.24, 2.45) is 0 Å². The Morgan fingerprint density at radius 3 is 2.15 bits per heavy atom. The lowest BCUT2D eigenvalue weighted by Crippen LogP contribution is -2.29. The van der Waals surface area contributed by atoms with Crippen molar-refractivity contribution < 1.29 is 24.2 Å². The summed E-state index contributed by atoms with van der Waals surface area (Å²) in [5.41, 5.74) is 3.61. The molecule has 3 aromatic carbocycles. The van der Waals surface area contributed by atoms with Crippen LogP contribution in [0.4, 0.5) is 11.4 Å². The lowest BCUT2D eigenvalue weighted by molar-refractivity contribution is -0.132. The fourth-order valence-electron chi connectivity index (χ4n) is 4.92. The number of nitrogens with zero attached hydrogens (tertiary/aromatic N) is 2. The smallest absolute Gasteiger partial charge is 0.300 e. The van der Waals surface area contributed by atoms with E-state index < -0.39 is 17.7 Å². The van der Waals surface area contributed by atoms with Crippen molar-refractivity contribution in [1.29, 1.82) is 0 Å². The number of benzene rings is 3. The molecule has 0 bridgehead atoms. The molecular formula is C33H38N2O5. The molecule has 4 rings (SSSR count). The summed E-state index contributed by atoms with van der Waals surface area (Å²) in [6.45, 7) is 10.4. The van der Waals surface area contributed by atoms with Crippen LogP contribution in [-0.2, 0) is 9.59 Å². The summed E-state index contributed by atoms with van der Waals surface area (Å²) in [5.74, 6) is -0.116. The van der Waals surface area contributed by atoms with E-state index in [2.05, 4.69) is 0 Å². The van der Waals surface area contributed by atoms with Crippen molar-refractivity contribution in [1.82, 2.24) is 0 Å². The lowest BCUT2D eigenvalue weighted by Gasteiger charge is -2.26. The second-order valence-corrected chi connectivity index (χ2v) is 10.7. The Bertz CT molecular complexity index is 1410. The first-order valence-electron chi connectivity index (χ1n) is 13.7. The summed E-state index contributed by atoms with van der Waals surface area (Å²) < 4.78 is 11.6. The maximum Gasteiger partial charge on any atom is 0.300 e. The molecule has 1 aliphatic rings. The summed E-state index contributed by atoms with van der Waals surface area (Å²) in [6, 6.07) is 19.3. The van der Waals surface area contributed by atoms with E-state index in [0.717, 1.165) is 17.0 Å². The van der Waals surface area contributed by atoms with Gasteiger partial charge in [0.05, 0.1) is 24.3 Å². The van der Waals surface area contributed by atoms with Gasteiger partial charge in [-0.1, -0.05) is 26.0 Å². The highest BCUT2D eigenvalue weighted by molar-refractivity contribution is 6.51. The Morgan fingerprint density at radius 1 is 0.950 bits per heavy atom. The van der Waals surface area contributed by atoms with Gasteiger partial charge in [-0.25, -0.2) is 0 Å². The number of ether oxygens (including phenoxy) is 2. The molecule has 0 spiro atoms. The van der Waals surface area contributed by atoms with Crippen LogP contribution in [0.1, 0.15) is 63.3 Å². The first-order chi connectivity index (χ1) is 19.0. The topological polar surface area (TPSA) is 79.3 Å². The highest BCUT2D eigenvalue weighted by Gasteiger charge is 2.47. The van der Waals surface area contributed by atoms with Gasteiger partial charge >= 0.3 is 0 Å². The average molecular weight is 543 g/mol. The number of carbonyl (C=O) groups excluding carboxylic acids is 2. The minimum Gasteiger partial charge on any atom is -0.507 e. The van der Waals surface area contributed by atoms with Gasteiger partial charge in [0.2, 0.25) is 0 Å². The zero-order chi connectivity index (χ0) is 29.1. The van der Waals surface area contributed by atoms with Crippen LogP contribution in [-0.4, -0.2) is 43.6 Å². The molecule has 1 unspecified atom stereocenters. The molecule has 0 radical (unpaired) electrons. The van der Waals surface area contributed by atoms with Gasteiger partial charge in [0.25, 0.3) is 11.7 Å². The Labute approximate surface area is 236 Å². The molecule has 1 saturated heterocycles. The number of hydrogen-bond donors (Lipinski definition) is 1. The minimum absolute atomic E-state index is 0.00140. The Kier molecular flexibility index (Phi) is 8.52. The molecular weight excluding hydrogens is 504 g/mol. The van der Waals surface area contributed by atoms with Crippen molar-refractivity contribution >= 4 is 28.8 Å². The quantitative estimate of drug-likeness (QED) is 0.184. The molecule has 7 heteroatoms. The summed E-state index contributed by atoms with van der Waals surface area (Å²) in [6.07, 6.45) is 0.00140. The molecule has 1 N–H and O–H groups in total. The van der Waals surface area contributed by atoms with Gasteiger partial charge < -0.3 is 19.5 Å². The van der Waals surface area contributed by atoms with Crippen molar-refractivity contribution in [3.05, 3.63) is 89.0 Å². The third-order valence-electron chi connectivity index (χ3n) is 6.86. The van der Waals surface area contributed by atoms with Crippen molar-refractivity contribution in [2.45, 2.75) is 52.7 Å². The Balaban J connectivity index is 1.89. The number of Topliss-reactive ketones (excluding diaryl/α,β-unsaturated/α-hetero) is 1. The summed E-state index contributed by atoms with van der Waals surface area (Å²) in [5, 5.41) is 11.6. The first-order valence-corrected chi connectivity index (χ1v) is 13.7. The molecule has 3 aromatic rings. The number of carbonyl (C=O) groups is 2. The zero-order valence-electron chi connectivity index (χ0n) is 24.3. The van der Waals surface area contributed by atoms with Gasteiger partial charge in [-0.05, 0) is 92.4 Å². The van der Waals surface area contributed by atoms with E-state index in [-0.39, 0.29) is 23.4 Å². The molecule has 0 saturated carbocycles. The number of anilines is 2. The SMILES string of the molecule is CCOc1ccc(/C(O)=C2/C(=O)C(=O)N(c3ccc(N(C)C)cc3)C2c2ccc(OC(C)C)cc2)cc1C(C)C. The van der Waals surface area contributed by atoms with Gasteiger partial charge in [-0.2, -0.15) is 0 Å². The fraction of sp³-hybridized carbons (Fsp3) is 0.333. The van der Waals surface area contributed by atoms with Crippen LogP contribution in [0, 0.1) is 0 Å². The van der Waals surface area contributed by atoms with Gasteiger partial charge in [-0.3, -0.25) is 14.5 Å². The average Bonchev–Trinajstić information content (AvgIpc) is 3.18. The van der Waals surface area contributed by atoms with E-state index in [4.69, 9.17) is 9.47 Å². The molecule has 40 heavy (non-hydrogen) atoms. The summed E-state index contributed by atoms with van der Waals surface area (Å²) in [7, 11) is 3.87. The molecule has 1 heterocycles. The number of hydrogen-bond acceptors (Lipinski definition) is 6. The van der Waals surface area contributed by atoms with Crippen LogP contribution < -0.4 is 19.3 Å². The number of amides is 1. The van der Waals surface area contributed by atoms with E-state index in [0.29, 0.717) is 29.2 Å². The van der Waals surface area contributed by atoms with Crippen LogP contribution in [0.25, 0.3) is 5.76 Å². The highest BCUT2D eigenvalue weighted by Crippen LogP contribution is 2.43. The van der Waals surface area contributed by atoms with Gasteiger partial charge in [0.15, 0.2) is 0 Å². The largest absolute Gasteiger partial charge is 0.507 e. The molecule has 0 aromatic heterocycles. The van der Waals surface area contributed by atoms with Gasteiger partial charge in [0, 0.05) is 31.0 Å².